The number of carbonyl (C=O) groups is 1. The van der Waals surface area contributed by atoms with E-state index in [-0.39, 0.29) is 6.42 Å². The molecule has 6 nitrogen and oxygen atoms in total. The molecule has 0 unspecified atom stereocenters. The van der Waals surface area contributed by atoms with E-state index in [0.29, 0.717) is 6.42 Å². The maximum atomic E-state index is 10.3. The summed E-state index contributed by atoms with van der Waals surface area (Å²) in [6, 6.07) is 5.65. The van der Waals surface area contributed by atoms with Gasteiger partial charge in [0.05, 0.1) is 5.69 Å². The molecule has 0 aliphatic heterocycles. The predicted molar refractivity (Wildman–Crippen MR) is 66.4 cm³/mol. The lowest BCUT2D eigenvalue weighted by molar-refractivity contribution is -0.137. The van der Waals surface area contributed by atoms with E-state index in [4.69, 9.17) is 5.11 Å². The third-order valence-electron chi connectivity index (χ3n) is 2.67. The highest BCUT2D eigenvalue weighted by Gasteiger charge is 2.05. The first-order chi connectivity index (χ1) is 8.77. The number of hydrogen-bond acceptors (Lipinski definition) is 5. The van der Waals surface area contributed by atoms with Gasteiger partial charge in [0.1, 0.15) is 5.52 Å². The van der Waals surface area contributed by atoms with Crippen molar-refractivity contribution in [3.63, 3.8) is 0 Å². The monoisotopic (exact) mass is 249 g/mol. The molecule has 96 valence electrons. The van der Waals surface area contributed by atoms with E-state index >= 15 is 0 Å². The molecule has 0 fully saturated rings. The zero-order chi connectivity index (χ0) is 12.8. The zero-order valence-electron chi connectivity index (χ0n) is 9.93. The lowest BCUT2D eigenvalue weighted by Gasteiger charge is -2.05. The van der Waals surface area contributed by atoms with Crippen LogP contribution in [0.4, 0.5) is 5.69 Å². The summed E-state index contributed by atoms with van der Waals surface area (Å²) in [4.78, 5) is 10.3. The van der Waals surface area contributed by atoms with Gasteiger partial charge in [0.25, 0.3) is 0 Å². The Morgan fingerprint density at radius 1 is 1.28 bits per heavy atom. The van der Waals surface area contributed by atoms with Crippen LogP contribution in [0.15, 0.2) is 22.8 Å². The second-order valence-corrected chi connectivity index (χ2v) is 4.07. The van der Waals surface area contributed by atoms with Crippen molar-refractivity contribution in [2.45, 2.75) is 25.7 Å². The first-order valence-corrected chi connectivity index (χ1v) is 5.94. The van der Waals surface area contributed by atoms with E-state index in [0.717, 1.165) is 36.1 Å². The van der Waals surface area contributed by atoms with Crippen molar-refractivity contribution < 1.29 is 14.5 Å². The topological polar surface area (TPSA) is 88.2 Å². The van der Waals surface area contributed by atoms with E-state index in [1.165, 1.54) is 0 Å². The fraction of sp³-hybridized carbons (Fsp3) is 0.417. The minimum atomic E-state index is -0.735. The highest BCUT2D eigenvalue weighted by molar-refractivity contribution is 5.86. The number of anilines is 1. The molecule has 0 bridgehead atoms. The Morgan fingerprint density at radius 3 is 3.00 bits per heavy atom. The van der Waals surface area contributed by atoms with Gasteiger partial charge in [-0.15, -0.1) is 0 Å². The van der Waals surface area contributed by atoms with E-state index in [1.807, 2.05) is 18.2 Å². The van der Waals surface area contributed by atoms with Crippen LogP contribution in [0.1, 0.15) is 25.7 Å². The molecule has 1 aromatic carbocycles. The molecular weight excluding hydrogens is 234 g/mol. The van der Waals surface area contributed by atoms with Gasteiger partial charge >= 0.3 is 5.97 Å². The predicted octanol–water partition coefficient (Wildman–Crippen LogP) is 2.28. The van der Waals surface area contributed by atoms with Crippen LogP contribution < -0.4 is 5.32 Å². The minimum absolute atomic E-state index is 0.239. The van der Waals surface area contributed by atoms with E-state index < -0.39 is 5.97 Å². The summed E-state index contributed by atoms with van der Waals surface area (Å²) in [5, 5.41) is 19.3. The second-order valence-electron chi connectivity index (χ2n) is 4.07. The number of aliphatic carboxylic acids is 1. The van der Waals surface area contributed by atoms with Crippen LogP contribution in [0.5, 0.6) is 0 Å². The molecule has 2 N–H and O–H groups in total. The van der Waals surface area contributed by atoms with Crippen LogP contribution in [0, 0.1) is 0 Å². The fourth-order valence-corrected chi connectivity index (χ4v) is 1.75. The van der Waals surface area contributed by atoms with Crippen molar-refractivity contribution in [3.05, 3.63) is 18.2 Å². The molecular formula is C12H15N3O3. The summed E-state index contributed by atoms with van der Waals surface area (Å²) < 4.78 is 4.67. The van der Waals surface area contributed by atoms with Crippen LogP contribution in [-0.2, 0) is 4.79 Å². The maximum absolute atomic E-state index is 10.3. The van der Waals surface area contributed by atoms with Crippen LogP contribution in [0.3, 0.4) is 0 Å². The van der Waals surface area contributed by atoms with Crippen molar-refractivity contribution in [2.75, 3.05) is 11.9 Å². The molecule has 18 heavy (non-hydrogen) atoms. The molecule has 2 aromatic rings. The standard InChI is InChI=1S/C12H15N3O3/c16-11(17)7-2-1-3-8-13-9-5-4-6-10-12(9)15-18-14-10/h4-6,13H,1-3,7-8H2,(H,16,17). The first kappa shape index (κ1) is 12.3. The lowest BCUT2D eigenvalue weighted by Crippen LogP contribution is -2.02. The number of benzene rings is 1. The first-order valence-electron chi connectivity index (χ1n) is 5.94. The molecule has 2 rings (SSSR count). The Hall–Kier alpha value is -2.11. The second kappa shape index (κ2) is 6.00. The average Bonchev–Trinajstić information content (AvgIpc) is 2.82. The normalized spacial score (nSPS) is 10.7. The van der Waals surface area contributed by atoms with Gasteiger partial charge in [-0.25, -0.2) is 4.63 Å². The Bertz CT molecular complexity index is 524. The average molecular weight is 249 g/mol. The number of carboxylic acid groups (broad SMARTS) is 1. The molecule has 0 spiro atoms. The van der Waals surface area contributed by atoms with Crippen LogP contribution >= 0.6 is 0 Å². The number of carboxylic acids is 1. The Morgan fingerprint density at radius 2 is 2.17 bits per heavy atom. The van der Waals surface area contributed by atoms with Crippen molar-refractivity contribution in [2.24, 2.45) is 0 Å². The van der Waals surface area contributed by atoms with E-state index in [9.17, 15) is 4.79 Å². The number of aromatic nitrogens is 2. The summed E-state index contributed by atoms with van der Waals surface area (Å²) in [7, 11) is 0. The summed E-state index contributed by atoms with van der Waals surface area (Å²) in [6.07, 6.45) is 2.77. The number of unbranched alkanes of at least 4 members (excludes halogenated alkanes) is 2. The van der Waals surface area contributed by atoms with E-state index in [1.54, 1.807) is 0 Å². The molecule has 0 aliphatic carbocycles. The number of hydrogen-bond donors (Lipinski definition) is 2. The van der Waals surface area contributed by atoms with Crippen LogP contribution in [0.25, 0.3) is 11.0 Å². The molecule has 0 saturated heterocycles. The van der Waals surface area contributed by atoms with Gasteiger partial charge in [0.15, 0.2) is 5.52 Å². The third-order valence-corrected chi connectivity index (χ3v) is 2.67. The van der Waals surface area contributed by atoms with Crippen molar-refractivity contribution in [1.82, 2.24) is 10.3 Å². The Labute approximate surface area is 104 Å². The summed E-state index contributed by atoms with van der Waals surface area (Å²) >= 11 is 0. The van der Waals surface area contributed by atoms with Gasteiger partial charge in [0.2, 0.25) is 0 Å². The number of fused-ring (bicyclic) bond motifs is 1. The third kappa shape index (κ3) is 3.19. The Balaban J connectivity index is 1.76. The SMILES string of the molecule is O=C(O)CCCCCNc1cccc2nonc12. The molecule has 6 heteroatoms. The summed E-state index contributed by atoms with van der Waals surface area (Å²) in [5.74, 6) is -0.735. The fourth-order valence-electron chi connectivity index (χ4n) is 1.75. The molecule has 1 aromatic heterocycles. The van der Waals surface area contributed by atoms with Crippen molar-refractivity contribution in [1.29, 1.82) is 0 Å². The van der Waals surface area contributed by atoms with Crippen molar-refractivity contribution >= 4 is 22.7 Å². The van der Waals surface area contributed by atoms with E-state index in [2.05, 4.69) is 20.3 Å². The Kier molecular flexibility index (Phi) is 4.11. The molecule has 0 atom stereocenters. The van der Waals surface area contributed by atoms with Gasteiger partial charge in [-0.05, 0) is 35.3 Å². The number of nitrogens with zero attached hydrogens (tertiary/aromatic N) is 2. The molecule has 0 saturated carbocycles. The van der Waals surface area contributed by atoms with Gasteiger partial charge in [0, 0.05) is 13.0 Å². The van der Waals surface area contributed by atoms with Gasteiger partial charge in [-0.1, -0.05) is 12.5 Å². The maximum Gasteiger partial charge on any atom is 0.303 e. The lowest BCUT2D eigenvalue weighted by atomic mass is 10.2. The van der Waals surface area contributed by atoms with Crippen LogP contribution in [-0.4, -0.2) is 27.9 Å². The zero-order valence-corrected chi connectivity index (χ0v) is 9.93. The minimum Gasteiger partial charge on any atom is -0.481 e. The highest BCUT2D eigenvalue weighted by atomic mass is 16.6. The largest absolute Gasteiger partial charge is 0.481 e. The quantitative estimate of drug-likeness (QED) is 0.732. The molecule has 0 radical (unpaired) electrons. The molecule has 0 amide bonds. The summed E-state index contributed by atoms with van der Waals surface area (Å²) in [5.41, 5.74) is 2.35. The van der Waals surface area contributed by atoms with Crippen LogP contribution in [0.2, 0.25) is 0 Å². The van der Waals surface area contributed by atoms with Gasteiger partial charge in [-0.2, -0.15) is 0 Å². The van der Waals surface area contributed by atoms with Gasteiger partial charge in [-0.3, -0.25) is 4.79 Å². The number of nitrogens with one attached hydrogen (secondary N) is 1. The number of rotatable bonds is 7. The summed E-state index contributed by atoms with van der Waals surface area (Å²) in [6.45, 7) is 0.783. The van der Waals surface area contributed by atoms with Gasteiger partial charge < -0.3 is 10.4 Å². The highest BCUT2D eigenvalue weighted by Crippen LogP contribution is 2.19. The van der Waals surface area contributed by atoms with Crippen molar-refractivity contribution in [3.8, 4) is 0 Å². The molecule has 1 heterocycles. The molecule has 0 aliphatic rings. The smallest absolute Gasteiger partial charge is 0.303 e.